The van der Waals surface area contributed by atoms with E-state index in [1.807, 2.05) is 6.92 Å². The molecule has 3 rings (SSSR count). The molecule has 0 radical (unpaired) electrons. The number of carbonyl (C=O) groups excluding carboxylic acids is 1. The van der Waals surface area contributed by atoms with E-state index in [2.05, 4.69) is 5.32 Å². The third kappa shape index (κ3) is 4.72. The van der Waals surface area contributed by atoms with Gasteiger partial charge in [-0.15, -0.1) is 12.4 Å². The van der Waals surface area contributed by atoms with Gasteiger partial charge in [0, 0.05) is 18.6 Å². The van der Waals surface area contributed by atoms with Crippen molar-refractivity contribution < 1.29 is 13.2 Å². The van der Waals surface area contributed by atoms with Crippen molar-refractivity contribution in [1.82, 2.24) is 9.62 Å². The Hall–Kier alpha value is -0.370. The number of nitrogens with zero attached hydrogens (tertiary/aromatic N) is 1. The van der Waals surface area contributed by atoms with Crippen molar-refractivity contribution in [3.05, 3.63) is 0 Å². The average Bonchev–Trinajstić information content (AvgIpc) is 2.55. The van der Waals surface area contributed by atoms with Crippen LogP contribution in [0.4, 0.5) is 0 Å². The predicted octanol–water partition coefficient (Wildman–Crippen LogP) is 2.02. The quantitative estimate of drug-likeness (QED) is 0.729. The minimum atomic E-state index is -3.34. The maximum Gasteiger partial charge on any atom is 0.238 e. The molecule has 1 aliphatic heterocycles. The highest BCUT2D eigenvalue weighted by atomic mass is 35.5. The molecular formula is C18H34ClN3O3S. The van der Waals surface area contributed by atoms with Crippen LogP contribution in [0.1, 0.15) is 64.7 Å². The molecule has 0 spiro atoms. The first-order chi connectivity index (χ1) is 11.9. The van der Waals surface area contributed by atoms with Crippen LogP contribution in [0.5, 0.6) is 0 Å². The van der Waals surface area contributed by atoms with Crippen molar-refractivity contribution in [3.8, 4) is 0 Å². The third-order valence-electron chi connectivity index (χ3n) is 6.26. The summed E-state index contributed by atoms with van der Waals surface area (Å²) in [5, 5.41) is 3.25. The van der Waals surface area contributed by atoms with Crippen LogP contribution in [-0.2, 0) is 14.8 Å². The van der Waals surface area contributed by atoms with E-state index < -0.39 is 16.1 Å². The largest absolute Gasteiger partial charge is 0.351 e. The summed E-state index contributed by atoms with van der Waals surface area (Å²) in [6, 6.07) is -0.0973. The SMILES string of the molecule is CCCS(=O)(=O)N1CCCCC1C(=O)NC1C2CCCC1CC(N)C2.Cl. The van der Waals surface area contributed by atoms with E-state index in [4.69, 9.17) is 5.73 Å². The summed E-state index contributed by atoms with van der Waals surface area (Å²) in [6.45, 7) is 2.34. The fourth-order valence-electron chi connectivity index (χ4n) is 5.16. The summed E-state index contributed by atoms with van der Waals surface area (Å²) in [5.41, 5.74) is 6.17. The molecule has 1 heterocycles. The molecule has 2 saturated carbocycles. The van der Waals surface area contributed by atoms with Crippen LogP contribution >= 0.6 is 12.4 Å². The van der Waals surface area contributed by atoms with E-state index in [0.29, 0.717) is 31.2 Å². The number of amides is 1. The molecule has 2 bridgehead atoms. The van der Waals surface area contributed by atoms with Crippen LogP contribution in [0.3, 0.4) is 0 Å². The first-order valence-corrected chi connectivity index (χ1v) is 11.6. The van der Waals surface area contributed by atoms with Crippen LogP contribution in [0, 0.1) is 11.8 Å². The molecule has 1 saturated heterocycles. The van der Waals surface area contributed by atoms with Gasteiger partial charge in [-0.05, 0) is 56.8 Å². The van der Waals surface area contributed by atoms with Gasteiger partial charge in [0.25, 0.3) is 0 Å². The van der Waals surface area contributed by atoms with E-state index in [1.54, 1.807) is 0 Å². The molecule has 3 fully saturated rings. The van der Waals surface area contributed by atoms with Crippen molar-refractivity contribution >= 4 is 28.3 Å². The highest BCUT2D eigenvalue weighted by Gasteiger charge is 2.42. The van der Waals surface area contributed by atoms with Gasteiger partial charge in [0.1, 0.15) is 6.04 Å². The number of nitrogens with two attached hydrogens (primary N) is 1. The van der Waals surface area contributed by atoms with Gasteiger partial charge < -0.3 is 11.1 Å². The summed E-state index contributed by atoms with van der Waals surface area (Å²) < 4.78 is 26.6. The van der Waals surface area contributed by atoms with E-state index >= 15 is 0 Å². The first-order valence-electron chi connectivity index (χ1n) is 9.98. The molecule has 2 aliphatic carbocycles. The molecule has 3 unspecified atom stereocenters. The predicted molar refractivity (Wildman–Crippen MR) is 106 cm³/mol. The lowest BCUT2D eigenvalue weighted by atomic mass is 9.67. The number of hydrogen-bond donors (Lipinski definition) is 2. The molecule has 3 atom stereocenters. The highest BCUT2D eigenvalue weighted by molar-refractivity contribution is 7.89. The van der Waals surface area contributed by atoms with E-state index in [9.17, 15) is 13.2 Å². The van der Waals surface area contributed by atoms with Crippen molar-refractivity contribution in [1.29, 1.82) is 0 Å². The number of halogens is 1. The van der Waals surface area contributed by atoms with Crippen molar-refractivity contribution in [3.63, 3.8) is 0 Å². The average molecular weight is 408 g/mol. The molecule has 3 aliphatic rings. The first kappa shape index (κ1) is 21.9. The fourth-order valence-corrected chi connectivity index (χ4v) is 6.91. The summed E-state index contributed by atoms with van der Waals surface area (Å²) in [4.78, 5) is 13.0. The molecule has 8 heteroatoms. The van der Waals surface area contributed by atoms with Gasteiger partial charge in [-0.3, -0.25) is 4.79 Å². The Balaban J connectivity index is 0.00000243. The molecule has 3 N–H and O–H groups in total. The van der Waals surface area contributed by atoms with Gasteiger partial charge in [-0.25, -0.2) is 8.42 Å². The van der Waals surface area contributed by atoms with E-state index in [-0.39, 0.29) is 36.2 Å². The number of fused-ring (bicyclic) bond motifs is 2. The molecule has 0 aromatic heterocycles. The smallest absolute Gasteiger partial charge is 0.238 e. The van der Waals surface area contributed by atoms with Gasteiger partial charge in [0.05, 0.1) is 5.75 Å². The second-order valence-electron chi connectivity index (χ2n) is 8.16. The van der Waals surface area contributed by atoms with Crippen LogP contribution in [0.25, 0.3) is 0 Å². The molecule has 0 aromatic carbocycles. The van der Waals surface area contributed by atoms with Crippen molar-refractivity contribution in [2.24, 2.45) is 17.6 Å². The normalized spacial score (nSPS) is 35.4. The summed E-state index contributed by atoms with van der Waals surface area (Å²) in [7, 11) is -3.34. The van der Waals surface area contributed by atoms with Crippen LogP contribution in [0.2, 0.25) is 0 Å². The zero-order valence-electron chi connectivity index (χ0n) is 15.7. The molecule has 1 amide bonds. The number of piperidine rings is 1. The number of sulfonamides is 1. The number of hydrogen-bond acceptors (Lipinski definition) is 4. The number of nitrogens with one attached hydrogen (secondary N) is 1. The van der Waals surface area contributed by atoms with E-state index in [1.165, 1.54) is 10.7 Å². The lowest BCUT2D eigenvalue weighted by Gasteiger charge is -2.46. The number of carbonyl (C=O) groups is 1. The second kappa shape index (κ2) is 9.22. The summed E-state index contributed by atoms with van der Waals surface area (Å²) in [6.07, 6.45) is 8.39. The zero-order chi connectivity index (χ0) is 18.0. The lowest BCUT2D eigenvalue weighted by molar-refractivity contribution is -0.128. The molecule has 6 nitrogen and oxygen atoms in total. The van der Waals surface area contributed by atoms with Gasteiger partial charge in [0.2, 0.25) is 15.9 Å². The van der Waals surface area contributed by atoms with Gasteiger partial charge in [-0.1, -0.05) is 19.8 Å². The monoisotopic (exact) mass is 407 g/mol. The topological polar surface area (TPSA) is 92.5 Å². The Morgan fingerprint density at radius 1 is 1.12 bits per heavy atom. The Kier molecular flexibility index (Phi) is 7.77. The summed E-state index contributed by atoms with van der Waals surface area (Å²) >= 11 is 0. The minimum Gasteiger partial charge on any atom is -0.351 e. The maximum atomic E-state index is 13.0. The van der Waals surface area contributed by atoms with Gasteiger partial charge in [0.15, 0.2) is 0 Å². The highest BCUT2D eigenvalue weighted by Crippen LogP contribution is 2.39. The van der Waals surface area contributed by atoms with Gasteiger partial charge >= 0.3 is 0 Å². The van der Waals surface area contributed by atoms with Gasteiger partial charge in [-0.2, -0.15) is 4.31 Å². The molecular weight excluding hydrogens is 374 g/mol. The Morgan fingerprint density at radius 2 is 1.77 bits per heavy atom. The Bertz CT molecular complexity index is 572. The standard InChI is InChI=1S/C18H33N3O3S.ClH/c1-2-10-25(23,24)21-9-4-3-8-16(21)18(22)20-17-13-6-5-7-14(17)12-15(19)11-13;/h13-17H,2-12,19H2,1H3,(H,20,22);1H. The second-order valence-corrected chi connectivity index (χ2v) is 10.2. The zero-order valence-corrected chi connectivity index (χ0v) is 17.4. The van der Waals surface area contributed by atoms with Crippen LogP contribution in [-0.4, -0.2) is 49.1 Å². The molecule has 152 valence electrons. The Labute approximate surface area is 164 Å². The minimum absolute atomic E-state index is 0. The Morgan fingerprint density at radius 3 is 2.38 bits per heavy atom. The third-order valence-corrected chi connectivity index (χ3v) is 8.34. The maximum absolute atomic E-state index is 13.0. The van der Waals surface area contributed by atoms with Crippen LogP contribution in [0.15, 0.2) is 0 Å². The van der Waals surface area contributed by atoms with Crippen molar-refractivity contribution in [2.75, 3.05) is 12.3 Å². The van der Waals surface area contributed by atoms with E-state index in [0.717, 1.165) is 38.5 Å². The molecule has 0 aromatic rings. The lowest BCUT2D eigenvalue weighted by Crippen LogP contribution is -2.59. The fraction of sp³-hybridized carbons (Fsp3) is 0.944. The van der Waals surface area contributed by atoms with Crippen molar-refractivity contribution in [2.45, 2.75) is 82.8 Å². The van der Waals surface area contributed by atoms with Crippen LogP contribution < -0.4 is 11.1 Å². The molecule has 26 heavy (non-hydrogen) atoms. The number of rotatable bonds is 5. The summed E-state index contributed by atoms with van der Waals surface area (Å²) in [5.74, 6) is 0.948.